The van der Waals surface area contributed by atoms with Gasteiger partial charge in [-0.15, -0.1) is 6.58 Å². The molecule has 3 aliphatic rings. The van der Waals surface area contributed by atoms with E-state index in [4.69, 9.17) is 9.47 Å². The molecule has 3 rings (SSSR count). The molecule has 0 spiro atoms. The smallest absolute Gasteiger partial charge is 0.306 e. The number of carbonyl (C=O) groups is 2. The van der Waals surface area contributed by atoms with Gasteiger partial charge in [-0.1, -0.05) is 277 Å². The summed E-state index contributed by atoms with van der Waals surface area (Å²) in [6.45, 7) is 33.6. The number of hydrogen-bond donors (Lipinski definition) is 2. The third-order valence-electron chi connectivity index (χ3n) is 17.7. The third-order valence-corrected chi connectivity index (χ3v) is 17.7. The number of aldehydes is 1. The minimum absolute atomic E-state index is 0.0151. The zero-order valence-corrected chi connectivity index (χ0v) is 55.1. The quantitative estimate of drug-likeness (QED) is 0.0273. The number of esters is 1. The first-order chi connectivity index (χ1) is 39.2. The van der Waals surface area contributed by atoms with Crippen LogP contribution in [0.2, 0.25) is 0 Å². The number of allylic oxidation sites excluding steroid dienone is 9. The number of aliphatic hydroxyl groups is 2. The number of ether oxygens (including phenoxy) is 2. The van der Waals surface area contributed by atoms with Crippen LogP contribution in [0.5, 0.6) is 0 Å². The van der Waals surface area contributed by atoms with Crippen LogP contribution >= 0.6 is 0 Å². The number of methoxy groups -OCH3 is 1. The van der Waals surface area contributed by atoms with Crippen LogP contribution in [0, 0.1) is 29.1 Å². The van der Waals surface area contributed by atoms with Gasteiger partial charge in [-0.3, -0.25) is 4.79 Å². The number of unbranched alkanes of at least 4 members (excludes halogenated alkanes) is 26. The Labute approximate surface area is 503 Å². The Morgan fingerprint density at radius 1 is 0.728 bits per heavy atom. The van der Waals surface area contributed by atoms with Gasteiger partial charge in [0.05, 0.1) is 18.3 Å². The molecule has 0 heterocycles. The second kappa shape index (κ2) is 51.6. The van der Waals surface area contributed by atoms with Crippen LogP contribution in [0.15, 0.2) is 85.1 Å². The van der Waals surface area contributed by atoms with Gasteiger partial charge in [-0.2, -0.15) is 0 Å². The molecule has 2 N–H and O–H groups in total. The molecule has 470 valence electrons. The lowest BCUT2D eigenvalue weighted by atomic mass is 9.48. The molecule has 0 aromatic carbocycles. The molecule has 0 bridgehead atoms. The van der Waals surface area contributed by atoms with E-state index in [1.807, 2.05) is 26.8 Å². The molecule has 81 heavy (non-hydrogen) atoms. The van der Waals surface area contributed by atoms with Crippen molar-refractivity contribution < 1.29 is 29.3 Å². The minimum Gasteiger partial charge on any atom is -0.462 e. The van der Waals surface area contributed by atoms with Gasteiger partial charge < -0.3 is 24.5 Å². The molecule has 0 radical (unpaired) electrons. The van der Waals surface area contributed by atoms with Crippen molar-refractivity contribution in [1.29, 1.82) is 0 Å². The topological polar surface area (TPSA) is 93.1 Å². The average Bonchev–Trinajstić information content (AvgIpc) is 3.43. The molecular formula is C75H134O6. The first kappa shape index (κ1) is 78.2. The van der Waals surface area contributed by atoms with Crippen molar-refractivity contribution in [2.45, 2.75) is 336 Å². The summed E-state index contributed by atoms with van der Waals surface area (Å²) < 4.78 is 11.0. The van der Waals surface area contributed by atoms with Crippen LogP contribution in [0.4, 0.5) is 0 Å². The highest BCUT2D eigenvalue weighted by Gasteiger charge is 2.59. The fourth-order valence-electron chi connectivity index (χ4n) is 12.9. The Kier molecular flexibility index (Phi) is 49.8. The third kappa shape index (κ3) is 35.3. The number of fused-ring (bicyclic) bond motifs is 3. The molecule has 3 aliphatic carbocycles. The molecule has 6 heteroatoms. The van der Waals surface area contributed by atoms with Gasteiger partial charge in [-0.05, 0) is 119 Å². The predicted octanol–water partition coefficient (Wildman–Crippen LogP) is 22.3. The van der Waals surface area contributed by atoms with E-state index in [2.05, 4.69) is 91.3 Å². The SMILES string of the molecule is C=C(CCCCCCCCCCCCCCCCC)CCC(CCC)OC(=O)CC(C)CC=O.C=C1C=CC2(C)C(=C1)CCC1C2C(O)CC(O)(C(=C)COC)C1CCC.C=CCCCCCCC/C=C\CCCCCCCC.CC. The molecule has 8 atom stereocenters. The van der Waals surface area contributed by atoms with Crippen molar-refractivity contribution in [2.24, 2.45) is 29.1 Å². The van der Waals surface area contributed by atoms with E-state index in [-0.39, 0.29) is 41.2 Å². The standard InChI is InChI=1S/C31H58O3.C23H34O3.C19H36.C2H6/c1-5-7-8-9-10-11-12-13-14-15-16-17-18-19-20-22-28(3)23-24-30(21-6-2)34-31(33)27-29(4)25-26-32;1-6-7-19-18-9-8-17-12-15(2)10-11-22(17,4)21(18)20(24)13-23(19,25)16(3)14-26-5;1-3-5-7-9-11-13-15-17-19-18-16-14-12-10-8-6-4-2;1-2/h26,29-30H,3,5-25,27H2,1-2,4H3;10-12,18-21,24-25H,2-3,6-9,13-14H2,1,4-5H3;3,18-19H,1,4-17H2,2H3;1-2H3/b;;19-18-;. The summed E-state index contributed by atoms with van der Waals surface area (Å²) in [6.07, 6.45) is 63.5. The lowest BCUT2D eigenvalue weighted by molar-refractivity contribution is -0.152. The van der Waals surface area contributed by atoms with Crippen LogP contribution < -0.4 is 0 Å². The molecule has 0 amide bonds. The van der Waals surface area contributed by atoms with Crippen LogP contribution in [-0.2, 0) is 19.1 Å². The Morgan fingerprint density at radius 2 is 1.23 bits per heavy atom. The number of aliphatic hydroxyl groups excluding tert-OH is 1. The zero-order chi connectivity index (χ0) is 60.4. The molecule has 2 fully saturated rings. The number of rotatable bonds is 46. The van der Waals surface area contributed by atoms with Gasteiger partial charge >= 0.3 is 5.97 Å². The molecule has 0 aromatic heterocycles. The van der Waals surface area contributed by atoms with E-state index >= 15 is 0 Å². The molecule has 2 saturated carbocycles. The summed E-state index contributed by atoms with van der Waals surface area (Å²) in [7, 11) is 1.63. The van der Waals surface area contributed by atoms with Gasteiger partial charge in [-0.25, -0.2) is 0 Å². The highest BCUT2D eigenvalue weighted by molar-refractivity contribution is 5.70. The molecule has 0 aliphatic heterocycles. The van der Waals surface area contributed by atoms with Gasteiger partial charge in [0.2, 0.25) is 0 Å². The molecule has 0 saturated heterocycles. The number of hydrogen-bond acceptors (Lipinski definition) is 6. The van der Waals surface area contributed by atoms with E-state index < -0.39 is 11.7 Å². The Morgan fingerprint density at radius 3 is 1.72 bits per heavy atom. The van der Waals surface area contributed by atoms with Crippen LogP contribution in [0.25, 0.3) is 0 Å². The van der Waals surface area contributed by atoms with Crippen molar-refractivity contribution in [2.75, 3.05) is 13.7 Å². The summed E-state index contributed by atoms with van der Waals surface area (Å²) in [6, 6.07) is 0. The van der Waals surface area contributed by atoms with Crippen LogP contribution in [0.3, 0.4) is 0 Å². The largest absolute Gasteiger partial charge is 0.462 e. The summed E-state index contributed by atoms with van der Waals surface area (Å²) >= 11 is 0. The monoisotopic (exact) mass is 1130 g/mol. The van der Waals surface area contributed by atoms with Gasteiger partial charge in [0.25, 0.3) is 0 Å². The van der Waals surface area contributed by atoms with Crippen molar-refractivity contribution in [3.05, 3.63) is 85.1 Å². The maximum atomic E-state index is 12.1. The molecule has 0 aromatic rings. The summed E-state index contributed by atoms with van der Waals surface area (Å²) in [5.74, 6) is 0.406. The Hall–Kier alpha value is -2.80. The fourth-order valence-corrected chi connectivity index (χ4v) is 12.9. The second-order valence-electron chi connectivity index (χ2n) is 25.0. The number of carbonyl (C=O) groups excluding carboxylic acids is 2. The van der Waals surface area contributed by atoms with Crippen molar-refractivity contribution in [3.8, 4) is 0 Å². The van der Waals surface area contributed by atoms with Crippen LogP contribution in [-0.4, -0.2) is 54.0 Å². The lowest BCUT2D eigenvalue weighted by Crippen LogP contribution is -2.60. The maximum absolute atomic E-state index is 12.1. The van der Waals surface area contributed by atoms with Gasteiger partial charge in [0, 0.05) is 37.7 Å². The van der Waals surface area contributed by atoms with E-state index in [0.29, 0.717) is 31.4 Å². The van der Waals surface area contributed by atoms with Gasteiger partial charge in [0.1, 0.15) is 12.4 Å². The second-order valence-corrected chi connectivity index (χ2v) is 25.0. The normalized spacial score (nSPS) is 21.6. The summed E-state index contributed by atoms with van der Waals surface area (Å²) in [5, 5.41) is 22.8. The lowest BCUT2D eigenvalue weighted by Gasteiger charge is -2.59. The average molecular weight is 1130 g/mol. The maximum Gasteiger partial charge on any atom is 0.306 e. The summed E-state index contributed by atoms with van der Waals surface area (Å²) in [4.78, 5) is 22.7. The van der Waals surface area contributed by atoms with Crippen molar-refractivity contribution in [3.63, 3.8) is 0 Å². The summed E-state index contributed by atoms with van der Waals surface area (Å²) in [5.41, 5.74) is 3.21. The predicted molar refractivity (Wildman–Crippen MR) is 354 cm³/mol. The van der Waals surface area contributed by atoms with E-state index in [0.717, 1.165) is 69.6 Å². The minimum atomic E-state index is -1.05. The van der Waals surface area contributed by atoms with Gasteiger partial charge in [0.15, 0.2) is 0 Å². The Balaban J connectivity index is 0.00000121. The molecule has 6 nitrogen and oxygen atoms in total. The zero-order valence-electron chi connectivity index (χ0n) is 55.1. The fraction of sp³-hybridized carbons (Fsp3) is 0.787. The highest BCUT2D eigenvalue weighted by atomic mass is 16.5. The first-order valence-electron chi connectivity index (χ1n) is 34.4. The van der Waals surface area contributed by atoms with E-state index in [1.54, 1.807) is 7.11 Å². The Bertz CT molecular complexity index is 1690. The molecule has 8 unspecified atom stereocenters. The van der Waals surface area contributed by atoms with Crippen LogP contribution in [0.1, 0.15) is 319 Å². The van der Waals surface area contributed by atoms with E-state index in [9.17, 15) is 19.8 Å². The van der Waals surface area contributed by atoms with Crippen molar-refractivity contribution in [1.82, 2.24) is 0 Å². The van der Waals surface area contributed by atoms with E-state index in [1.165, 1.54) is 197 Å². The first-order valence-corrected chi connectivity index (χ1v) is 34.4. The molecular weight excluding hydrogens is 997 g/mol. The van der Waals surface area contributed by atoms with Crippen molar-refractivity contribution >= 4 is 12.3 Å². The highest BCUT2D eigenvalue weighted by Crippen LogP contribution is 2.60.